The van der Waals surface area contributed by atoms with Gasteiger partial charge in [-0.25, -0.2) is 27.3 Å². The summed E-state index contributed by atoms with van der Waals surface area (Å²) in [5.41, 5.74) is 1.64. The standard InChI is InChI=1S/C25H25BrFN3O4S/c1-25(2,3)34-24(31)29-23(30-35(32,33)20-7-5-4-6-8-20)28-16-17-9-14-21(22(26)15-17)18-10-12-19(27)13-11-18/h4-15H,16H2,1-3H3,(H2,28,29,30,31). The fourth-order valence-electron chi connectivity index (χ4n) is 2.97. The Morgan fingerprint density at radius 1 is 1.03 bits per heavy atom. The van der Waals surface area contributed by atoms with Crippen molar-refractivity contribution >= 4 is 38.0 Å². The van der Waals surface area contributed by atoms with Gasteiger partial charge in [0.15, 0.2) is 0 Å². The van der Waals surface area contributed by atoms with Crippen molar-refractivity contribution in [2.75, 3.05) is 0 Å². The summed E-state index contributed by atoms with van der Waals surface area (Å²) in [5.74, 6) is -0.597. The van der Waals surface area contributed by atoms with E-state index < -0.39 is 21.7 Å². The van der Waals surface area contributed by atoms with Crippen LogP contribution in [0.1, 0.15) is 26.3 Å². The number of rotatable bonds is 5. The molecule has 0 aliphatic rings. The molecule has 0 bridgehead atoms. The van der Waals surface area contributed by atoms with E-state index in [0.29, 0.717) is 0 Å². The Bertz CT molecular complexity index is 1320. The molecule has 3 aromatic carbocycles. The van der Waals surface area contributed by atoms with Crippen molar-refractivity contribution in [3.8, 4) is 11.1 Å². The third-order valence-corrected chi connectivity index (χ3v) is 6.52. The van der Waals surface area contributed by atoms with Crippen molar-refractivity contribution in [2.24, 2.45) is 4.99 Å². The van der Waals surface area contributed by atoms with Gasteiger partial charge in [0, 0.05) is 4.47 Å². The molecular weight excluding hydrogens is 537 g/mol. The number of carbonyl (C=O) groups excluding carboxylic acids is 1. The summed E-state index contributed by atoms with van der Waals surface area (Å²) in [4.78, 5) is 16.6. The molecule has 0 aromatic heterocycles. The molecule has 35 heavy (non-hydrogen) atoms. The fourth-order valence-corrected chi connectivity index (χ4v) is 4.63. The Labute approximate surface area is 212 Å². The number of guanidine groups is 1. The topological polar surface area (TPSA) is 96.9 Å². The number of hydrogen-bond donors (Lipinski definition) is 2. The number of carbonyl (C=O) groups is 1. The second-order valence-electron chi connectivity index (χ2n) is 8.53. The van der Waals surface area contributed by atoms with Gasteiger partial charge in [-0.2, -0.15) is 0 Å². The maximum Gasteiger partial charge on any atom is 0.414 e. The van der Waals surface area contributed by atoms with Gasteiger partial charge in [0.25, 0.3) is 10.0 Å². The molecule has 2 N–H and O–H groups in total. The van der Waals surface area contributed by atoms with Crippen LogP contribution in [0.5, 0.6) is 0 Å². The number of alkyl carbamates (subject to hydrolysis) is 1. The molecule has 0 aliphatic carbocycles. The third kappa shape index (κ3) is 7.90. The third-order valence-electron chi connectivity index (χ3n) is 4.51. The second kappa shape index (κ2) is 11.0. The first-order chi connectivity index (χ1) is 16.4. The molecule has 1 amide bonds. The molecule has 0 radical (unpaired) electrons. The van der Waals surface area contributed by atoms with Crippen LogP contribution in [-0.2, 0) is 21.3 Å². The van der Waals surface area contributed by atoms with Crippen LogP contribution in [0.25, 0.3) is 11.1 Å². The molecule has 0 aliphatic heterocycles. The van der Waals surface area contributed by atoms with Crippen molar-refractivity contribution in [1.82, 2.24) is 10.0 Å². The summed E-state index contributed by atoms with van der Waals surface area (Å²) in [6, 6.07) is 19.3. The van der Waals surface area contributed by atoms with Crippen molar-refractivity contribution in [2.45, 2.75) is 37.8 Å². The summed E-state index contributed by atoms with van der Waals surface area (Å²) in [5, 5.41) is 2.38. The predicted octanol–water partition coefficient (Wildman–Crippen LogP) is 5.61. The minimum Gasteiger partial charge on any atom is -0.444 e. The lowest BCUT2D eigenvalue weighted by Crippen LogP contribution is -2.45. The Kier molecular flexibility index (Phi) is 8.29. The maximum atomic E-state index is 13.2. The zero-order valence-corrected chi connectivity index (χ0v) is 21.8. The second-order valence-corrected chi connectivity index (χ2v) is 11.1. The Morgan fingerprint density at radius 2 is 1.69 bits per heavy atom. The van der Waals surface area contributed by atoms with E-state index >= 15 is 0 Å². The molecule has 0 saturated carbocycles. The van der Waals surface area contributed by atoms with Crippen LogP contribution in [0.2, 0.25) is 0 Å². The predicted molar refractivity (Wildman–Crippen MR) is 137 cm³/mol. The SMILES string of the molecule is CC(C)(C)OC(=O)NC(=NCc1ccc(-c2ccc(F)cc2)c(Br)c1)NS(=O)(=O)c1ccccc1. The van der Waals surface area contributed by atoms with Crippen molar-refractivity contribution in [1.29, 1.82) is 0 Å². The van der Waals surface area contributed by atoms with E-state index in [-0.39, 0.29) is 23.2 Å². The minimum atomic E-state index is -4.00. The van der Waals surface area contributed by atoms with Crippen LogP contribution in [0.4, 0.5) is 9.18 Å². The van der Waals surface area contributed by atoms with Crippen LogP contribution in [-0.4, -0.2) is 26.1 Å². The molecule has 0 spiro atoms. The highest BCUT2D eigenvalue weighted by Crippen LogP contribution is 2.29. The zero-order chi connectivity index (χ0) is 25.6. The Morgan fingerprint density at radius 3 is 2.29 bits per heavy atom. The van der Waals surface area contributed by atoms with E-state index in [0.717, 1.165) is 21.2 Å². The first-order valence-corrected chi connectivity index (χ1v) is 12.9. The summed E-state index contributed by atoms with van der Waals surface area (Å²) >= 11 is 3.52. The van der Waals surface area contributed by atoms with Gasteiger partial charge in [-0.15, -0.1) is 0 Å². The normalized spacial score (nSPS) is 12.2. The minimum absolute atomic E-state index is 0.0186. The van der Waals surface area contributed by atoms with Crippen LogP contribution in [0.15, 0.2) is 87.2 Å². The van der Waals surface area contributed by atoms with Gasteiger partial charge in [-0.1, -0.05) is 58.4 Å². The van der Waals surface area contributed by atoms with E-state index in [4.69, 9.17) is 4.74 Å². The van der Waals surface area contributed by atoms with Gasteiger partial charge in [-0.3, -0.25) is 5.32 Å². The lowest BCUT2D eigenvalue weighted by molar-refractivity contribution is 0.0562. The van der Waals surface area contributed by atoms with Gasteiger partial charge in [-0.05, 0) is 67.8 Å². The first-order valence-electron chi connectivity index (χ1n) is 10.6. The average Bonchev–Trinajstić information content (AvgIpc) is 2.77. The summed E-state index contributed by atoms with van der Waals surface area (Å²) < 4.78 is 47.1. The summed E-state index contributed by atoms with van der Waals surface area (Å²) in [6.45, 7) is 5.14. The maximum absolute atomic E-state index is 13.2. The fraction of sp³-hybridized carbons (Fsp3) is 0.200. The summed E-state index contributed by atoms with van der Waals surface area (Å²) in [6.07, 6.45) is -0.847. The monoisotopic (exact) mass is 561 g/mol. The Balaban J connectivity index is 1.84. The number of benzene rings is 3. The molecule has 0 unspecified atom stereocenters. The number of halogens is 2. The number of nitrogens with zero attached hydrogens (tertiary/aromatic N) is 1. The van der Waals surface area contributed by atoms with Crippen LogP contribution in [0.3, 0.4) is 0 Å². The van der Waals surface area contributed by atoms with E-state index in [1.807, 2.05) is 18.2 Å². The molecule has 0 fully saturated rings. The molecule has 184 valence electrons. The summed E-state index contributed by atoms with van der Waals surface area (Å²) in [7, 11) is -4.00. The van der Waals surface area contributed by atoms with E-state index in [1.165, 1.54) is 24.3 Å². The number of nitrogens with one attached hydrogen (secondary N) is 2. The molecule has 3 aromatic rings. The highest BCUT2D eigenvalue weighted by atomic mass is 79.9. The number of sulfonamides is 1. The highest BCUT2D eigenvalue weighted by Gasteiger charge is 2.21. The van der Waals surface area contributed by atoms with Crippen molar-refractivity contribution in [3.63, 3.8) is 0 Å². The van der Waals surface area contributed by atoms with E-state index in [1.54, 1.807) is 51.1 Å². The van der Waals surface area contributed by atoms with Gasteiger partial charge >= 0.3 is 6.09 Å². The molecular formula is C25H25BrFN3O4S. The van der Waals surface area contributed by atoms with Crippen molar-refractivity contribution in [3.05, 3.63) is 88.6 Å². The molecule has 0 atom stereocenters. The van der Waals surface area contributed by atoms with Crippen LogP contribution >= 0.6 is 15.9 Å². The zero-order valence-electron chi connectivity index (χ0n) is 19.4. The lowest BCUT2D eigenvalue weighted by Gasteiger charge is -2.20. The van der Waals surface area contributed by atoms with Gasteiger partial charge < -0.3 is 4.74 Å². The van der Waals surface area contributed by atoms with Crippen LogP contribution in [0, 0.1) is 5.82 Å². The first kappa shape index (κ1) is 26.4. The van der Waals surface area contributed by atoms with E-state index in [9.17, 15) is 17.6 Å². The highest BCUT2D eigenvalue weighted by molar-refractivity contribution is 9.10. The molecule has 3 rings (SSSR count). The Hall–Kier alpha value is -3.24. The number of amides is 1. The number of aliphatic imine (C=N–C) groups is 1. The largest absolute Gasteiger partial charge is 0.444 e. The van der Waals surface area contributed by atoms with Crippen molar-refractivity contribution < 1.29 is 22.3 Å². The smallest absolute Gasteiger partial charge is 0.414 e. The van der Waals surface area contributed by atoms with E-state index in [2.05, 4.69) is 31.0 Å². The van der Waals surface area contributed by atoms with Gasteiger partial charge in [0.1, 0.15) is 11.4 Å². The van der Waals surface area contributed by atoms with Crippen LogP contribution < -0.4 is 10.0 Å². The molecule has 0 saturated heterocycles. The average molecular weight is 562 g/mol. The molecule has 7 nitrogen and oxygen atoms in total. The molecule has 10 heteroatoms. The molecule has 0 heterocycles. The quantitative estimate of drug-likeness (QED) is 0.312. The number of ether oxygens (including phenoxy) is 1. The van der Waals surface area contributed by atoms with Gasteiger partial charge in [0.2, 0.25) is 5.96 Å². The lowest BCUT2D eigenvalue weighted by atomic mass is 10.0. The number of hydrogen-bond acceptors (Lipinski definition) is 5. The van der Waals surface area contributed by atoms with Gasteiger partial charge in [0.05, 0.1) is 11.4 Å².